The monoisotopic (exact) mass is 397 g/mol. The molecular formula is C22H31N5O2. The van der Waals surface area contributed by atoms with Gasteiger partial charge in [-0.15, -0.1) is 0 Å². The first-order chi connectivity index (χ1) is 14.2. The summed E-state index contributed by atoms with van der Waals surface area (Å²) >= 11 is 0. The topological polar surface area (TPSA) is 74.5 Å². The molecule has 7 heteroatoms. The minimum absolute atomic E-state index is 0.225. The van der Waals surface area contributed by atoms with Crippen molar-refractivity contribution in [3.63, 3.8) is 0 Å². The first-order valence-corrected chi connectivity index (χ1v) is 10.8. The predicted molar refractivity (Wildman–Crippen MR) is 111 cm³/mol. The molecule has 7 nitrogen and oxygen atoms in total. The van der Waals surface area contributed by atoms with Crippen LogP contribution in [0.1, 0.15) is 30.7 Å². The molecule has 0 aliphatic carbocycles. The zero-order chi connectivity index (χ0) is 20.1. The van der Waals surface area contributed by atoms with Crippen LogP contribution in [0.4, 0.5) is 0 Å². The molecule has 1 N–H and O–H groups in total. The van der Waals surface area contributed by atoms with Crippen molar-refractivity contribution >= 4 is 5.91 Å². The number of piperazine rings is 1. The molecule has 4 rings (SSSR count). The van der Waals surface area contributed by atoms with Crippen molar-refractivity contribution < 1.29 is 9.32 Å². The van der Waals surface area contributed by atoms with Gasteiger partial charge in [0, 0.05) is 44.1 Å². The first kappa shape index (κ1) is 20.0. The van der Waals surface area contributed by atoms with E-state index in [0.29, 0.717) is 17.6 Å². The van der Waals surface area contributed by atoms with Gasteiger partial charge in [0.05, 0.1) is 0 Å². The van der Waals surface area contributed by atoms with Crippen LogP contribution < -0.4 is 5.32 Å². The summed E-state index contributed by atoms with van der Waals surface area (Å²) in [6.07, 6.45) is 3.73. The second-order valence-corrected chi connectivity index (χ2v) is 8.17. The fourth-order valence-electron chi connectivity index (χ4n) is 4.15. The number of piperidine rings is 1. The number of hydrogen-bond donors (Lipinski definition) is 1. The lowest BCUT2D eigenvalue weighted by atomic mass is 9.96. The average molecular weight is 398 g/mol. The van der Waals surface area contributed by atoms with Crippen LogP contribution in [0.15, 0.2) is 28.8 Å². The third-order valence-corrected chi connectivity index (χ3v) is 6.02. The summed E-state index contributed by atoms with van der Waals surface area (Å²) in [5, 5.41) is 7.44. The van der Waals surface area contributed by atoms with Crippen molar-refractivity contribution in [3.05, 3.63) is 35.7 Å². The fraction of sp³-hybridized carbons (Fsp3) is 0.591. The quantitative estimate of drug-likeness (QED) is 0.805. The molecule has 2 saturated heterocycles. The maximum absolute atomic E-state index is 12.6. The Kier molecular flexibility index (Phi) is 6.56. The molecule has 3 heterocycles. The molecule has 0 bridgehead atoms. The van der Waals surface area contributed by atoms with E-state index < -0.39 is 0 Å². The normalized spacial score (nSPS) is 18.9. The van der Waals surface area contributed by atoms with Gasteiger partial charge in [0.2, 0.25) is 17.6 Å². The van der Waals surface area contributed by atoms with Gasteiger partial charge in [-0.25, -0.2) is 0 Å². The van der Waals surface area contributed by atoms with Gasteiger partial charge in [-0.05, 0) is 45.8 Å². The SMILES string of the molecule is Cc1ccc(-c2noc(CCCN3CCN(C(=O)C4CCNCC4)CC3)n2)cc1. The van der Waals surface area contributed by atoms with Gasteiger partial charge in [-0.1, -0.05) is 35.0 Å². The minimum Gasteiger partial charge on any atom is -0.340 e. The molecule has 2 fully saturated rings. The summed E-state index contributed by atoms with van der Waals surface area (Å²) in [6.45, 7) is 8.60. The number of hydrogen-bond acceptors (Lipinski definition) is 6. The van der Waals surface area contributed by atoms with Crippen molar-refractivity contribution in [3.8, 4) is 11.4 Å². The zero-order valence-electron chi connectivity index (χ0n) is 17.3. The molecule has 0 spiro atoms. The van der Waals surface area contributed by atoms with Crippen molar-refractivity contribution in [2.24, 2.45) is 5.92 Å². The molecule has 1 amide bonds. The van der Waals surface area contributed by atoms with Crippen LogP contribution in [0.3, 0.4) is 0 Å². The second-order valence-electron chi connectivity index (χ2n) is 8.17. The minimum atomic E-state index is 0.225. The summed E-state index contributed by atoms with van der Waals surface area (Å²) in [6, 6.07) is 8.16. The summed E-state index contributed by atoms with van der Waals surface area (Å²) in [7, 11) is 0. The van der Waals surface area contributed by atoms with Crippen LogP contribution in [-0.2, 0) is 11.2 Å². The van der Waals surface area contributed by atoms with E-state index in [9.17, 15) is 4.79 Å². The Morgan fingerprint density at radius 1 is 1.14 bits per heavy atom. The van der Waals surface area contributed by atoms with Crippen LogP contribution in [0.2, 0.25) is 0 Å². The van der Waals surface area contributed by atoms with E-state index in [1.165, 1.54) is 5.56 Å². The lowest BCUT2D eigenvalue weighted by Crippen LogP contribution is -2.51. The highest BCUT2D eigenvalue weighted by Crippen LogP contribution is 2.18. The largest absolute Gasteiger partial charge is 0.340 e. The molecule has 1 aromatic carbocycles. The summed E-state index contributed by atoms with van der Waals surface area (Å²) in [5.74, 6) is 1.94. The lowest BCUT2D eigenvalue weighted by Gasteiger charge is -2.37. The Balaban J connectivity index is 1.18. The van der Waals surface area contributed by atoms with Crippen molar-refractivity contribution in [1.82, 2.24) is 25.3 Å². The number of aromatic nitrogens is 2. The van der Waals surface area contributed by atoms with Gasteiger partial charge in [0.1, 0.15) is 0 Å². The second kappa shape index (κ2) is 9.50. The number of benzene rings is 1. The highest BCUT2D eigenvalue weighted by molar-refractivity contribution is 5.79. The van der Waals surface area contributed by atoms with E-state index in [2.05, 4.69) is 44.3 Å². The molecular weight excluding hydrogens is 366 g/mol. The van der Waals surface area contributed by atoms with Gasteiger partial charge >= 0.3 is 0 Å². The molecule has 2 aliphatic rings. The third kappa shape index (κ3) is 5.22. The van der Waals surface area contributed by atoms with Gasteiger partial charge in [-0.2, -0.15) is 4.98 Å². The van der Waals surface area contributed by atoms with Crippen molar-refractivity contribution in [2.75, 3.05) is 45.8 Å². The summed E-state index contributed by atoms with van der Waals surface area (Å²) in [4.78, 5) is 21.7. The van der Waals surface area contributed by atoms with Gasteiger partial charge in [-0.3, -0.25) is 9.69 Å². The van der Waals surface area contributed by atoms with E-state index in [4.69, 9.17) is 4.52 Å². The molecule has 2 aliphatic heterocycles. The number of carbonyl (C=O) groups is 1. The Hall–Kier alpha value is -2.25. The van der Waals surface area contributed by atoms with Gasteiger partial charge in [0.15, 0.2) is 0 Å². The van der Waals surface area contributed by atoms with Crippen molar-refractivity contribution in [1.29, 1.82) is 0 Å². The van der Waals surface area contributed by atoms with Gasteiger partial charge < -0.3 is 14.7 Å². The number of amides is 1. The highest BCUT2D eigenvalue weighted by Gasteiger charge is 2.28. The number of nitrogens with zero attached hydrogens (tertiary/aromatic N) is 4. The maximum Gasteiger partial charge on any atom is 0.227 e. The Morgan fingerprint density at radius 2 is 1.86 bits per heavy atom. The van der Waals surface area contributed by atoms with E-state index in [-0.39, 0.29) is 5.92 Å². The third-order valence-electron chi connectivity index (χ3n) is 6.02. The molecule has 2 aromatic rings. The highest BCUT2D eigenvalue weighted by atomic mass is 16.5. The van der Waals surface area contributed by atoms with Crippen LogP contribution in [0, 0.1) is 12.8 Å². The Morgan fingerprint density at radius 3 is 2.59 bits per heavy atom. The lowest BCUT2D eigenvalue weighted by molar-refractivity contribution is -0.138. The average Bonchev–Trinajstić information content (AvgIpc) is 3.24. The van der Waals surface area contributed by atoms with Crippen molar-refractivity contribution in [2.45, 2.75) is 32.6 Å². The standard InChI is InChI=1S/C22H31N5O2/c1-17-4-6-18(7-5-17)21-24-20(29-25-21)3-2-12-26-13-15-27(16-14-26)22(28)19-8-10-23-11-9-19/h4-7,19,23H,2-3,8-16H2,1H3. The zero-order valence-corrected chi connectivity index (χ0v) is 17.3. The van der Waals surface area contributed by atoms with Crippen LogP contribution >= 0.6 is 0 Å². The fourth-order valence-corrected chi connectivity index (χ4v) is 4.15. The van der Waals surface area contributed by atoms with Crippen LogP contribution in [0.5, 0.6) is 0 Å². The summed E-state index contributed by atoms with van der Waals surface area (Å²) < 4.78 is 5.42. The number of aryl methyl sites for hydroxylation is 2. The van der Waals surface area contributed by atoms with E-state index in [1.54, 1.807) is 0 Å². The molecule has 0 atom stereocenters. The molecule has 156 valence electrons. The van der Waals surface area contributed by atoms with E-state index in [1.807, 2.05) is 12.1 Å². The van der Waals surface area contributed by atoms with Crippen LogP contribution in [0.25, 0.3) is 11.4 Å². The maximum atomic E-state index is 12.6. The van der Waals surface area contributed by atoms with Crippen LogP contribution in [-0.4, -0.2) is 71.7 Å². The predicted octanol–water partition coefficient (Wildman–Crippen LogP) is 2.12. The molecule has 0 radical (unpaired) electrons. The number of carbonyl (C=O) groups excluding carboxylic acids is 1. The molecule has 1 aromatic heterocycles. The van der Waals surface area contributed by atoms with E-state index >= 15 is 0 Å². The number of nitrogens with one attached hydrogen (secondary N) is 1. The van der Waals surface area contributed by atoms with E-state index in [0.717, 1.165) is 77.1 Å². The molecule has 29 heavy (non-hydrogen) atoms. The summed E-state index contributed by atoms with van der Waals surface area (Å²) in [5.41, 5.74) is 2.20. The smallest absolute Gasteiger partial charge is 0.227 e. The first-order valence-electron chi connectivity index (χ1n) is 10.8. The number of rotatable bonds is 6. The Bertz CT molecular complexity index is 790. The molecule has 0 unspecified atom stereocenters. The Labute approximate surface area is 172 Å². The van der Waals surface area contributed by atoms with Gasteiger partial charge in [0.25, 0.3) is 0 Å². The molecule has 0 saturated carbocycles.